The fourth-order valence-corrected chi connectivity index (χ4v) is 2.02. The summed E-state index contributed by atoms with van der Waals surface area (Å²) in [6.07, 6.45) is 5.69. The molecule has 0 aromatic carbocycles. The summed E-state index contributed by atoms with van der Waals surface area (Å²) in [5.74, 6) is 1.44. The van der Waals surface area contributed by atoms with Gasteiger partial charge in [-0.15, -0.1) is 24.0 Å². The Kier molecular flexibility index (Phi) is 13.0. The Labute approximate surface area is 157 Å². The van der Waals surface area contributed by atoms with Crippen molar-refractivity contribution in [3.05, 3.63) is 29.6 Å². The first kappa shape index (κ1) is 22.1. The van der Waals surface area contributed by atoms with Crippen molar-refractivity contribution in [2.75, 3.05) is 33.4 Å². The van der Waals surface area contributed by atoms with Crippen LogP contribution in [0.3, 0.4) is 0 Å². The zero-order chi connectivity index (χ0) is 16.2. The number of hydrogen-bond acceptors (Lipinski definition) is 3. The van der Waals surface area contributed by atoms with Gasteiger partial charge in [-0.2, -0.15) is 0 Å². The molecule has 0 aliphatic heterocycles. The molecule has 0 radical (unpaired) electrons. The fourth-order valence-electron chi connectivity index (χ4n) is 2.02. The van der Waals surface area contributed by atoms with Gasteiger partial charge in [0.1, 0.15) is 0 Å². The molecule has 1 heterocycles. The first-order valence-electron chi connectivity index (χ1n) is 8.05. The summed E-state index contributed by atoms with van der Waals surface area (Å²) in [5.41, 5.74) is 2.55. The molecule has 0 aliphatic rings. The van der Waals surface area contributed by atoms with Crippen LogP contribution >= 0.6 is 24.0 Å². The van der Waals surface area contributed by atoms with E-state index >= 15 is 0 Å². The van der Waals surface area contributed by atoms with Gasteiger partial charge in [0.25, 0.3) is 0 Å². The monoisotopic (exact) mass is 434 g/mol. The van der Waals surface area contributed by atoms with Crippen molar-refractivity contribution in [2.24, 2.45) is 10.9 Å². The molecule has 1 rings (SSSR count). The van der Waals surface area contributed by atoms with Crippen LogP contribution in [0.4, 0.5) is 0 Å². The van der Waals surface area contributed by atoms with Gasteiger partial charge in [0.05, 0.1) is 0 Å². The molecule has 0 saturated heterocycles. The van der Waals surface area contributed by atoms with Crippen molar-refractivity contribution in [2.45, 2.75) is 33.6 Å². The molecule has 0 amide bonds. The second-order valence-electron chi connectivity index (χ2n) is 5.80. The number of aryl methyl sites for hydroxylation is 1. The summed E-state index contributed by atoms with van der Waals surface area (Å²) in [6, 6.07) is 2.07. The largest absolute Gasteiger partial charge is 0.381 e. The lowest BCUT2D eigenvalue weighted by Crippen LogP contribution is -2.39. The van der Waals surface area contributed by atoms with E-state index in [-0.39, 0.29) is 24.0 Å². The van der Waals surface area contributed by atoms with Crippen LogP contribution in [0.25, 0.3) is 0 Å². The second kappa shape index (κ2) is 13.5. The Balaban J connectivity index is 0.00000484. The van der Waals surface area contributed by atoms with Crippen molar-refractivity contribution in [1.29, 1.82) is 0 Å². The smallest absolute Gasteiger partial charge is 0.190 e. The number of pyridine rings is 1. The number of aromatic nitrogens is 1. The molecule has 0 atom stereocenters. The third kappa shape index (κ3) is 10.5. The van der Waals surface area contributed by atoms with Gasteiger partial charge in [-0.3, -0.25) is 9.98 Å². The molecule has 6 heteroatoms. The first-order valence-corrected chi connectivity index (χ1v) is 8.05. The topological polar surface area (TPSA) is 58.5 Å². The zero-order valence-electron chi connectivity index (χ0n) is 14.8. The van der Waals surface area contributed by atoms with Gasteiger partial charge in [0, 0.05) is 45.7 Å². The predicted molar refractivity (Wildman–Crippen MR) is 108 cm³/mol. The average molecular weight is 434 g/mol. The third-order valence-electron chi connectivity index (χ3n) is 3.26. The molecule has 1 aromatic rings. The second-order valence-corrected chi connectivity index (χ2v) is 5.80. The van der Waals surface area contributed by atoms with Crippen LogP contribution in [-0.2, 0) is 11.2 Å². The highest BCUT2D eigenvalue weighted by Gasteiger charge is 2.00. The van der Waals surface area contributed by atoms with E-state index in [1.54, 1.807) is 7.05 Å². The number of nitrogens with one attached hydrogen (secondary N) is 2. The minimum absolute atomic E-state index is 0. The van der Waals surface area contributed by atoms with Gasteiger partial charge < -0.3 is 15.4 Å². The highest BCUT2D eigenvalue weighted by atomic mass is 127. The van der Waals surface area contributed by atoms with Crippen LogP contribution in [0, 0.1) is 12.8 Å². The van der Waals surface area contributed by atoms with E-state index in [0.717, 1.165) is 45.1 Å². The number of rotatable bonds is 9. The van der Waals surface area contributed by atoms with Gasteiger partial charge in [0.2, 0.25) is 0 Å². The fraction of sp³-hybridized carbons (Fsp3) is 0.647. The molecule has 1 aromatic heterocycles. The quantitative estimate of drug-likeness (QED) is 0.272. The lowest BCUT2D eigenvalue weighted by molar-refractivity contribution is 0.108. The van der Waals surface area contributed by atoms with Crippen LogP contribution in [0.5, 0.6) is 0 Å². The Morgan fingerprint density at radius 2 is 2.04 bits per heavy atom. The Morgan fingerprint density at radius 1 is 1.30 bits per heavy atom. The molecule has 0 spiro atoms. The van der Waals surface area contributed by atoms with Crippen molar-refractivity contribution in [3.63, 3.8) is 0 Å². The Morgan fingerprint density at radius 3 is 2.70 bits per heavy atom. The third-order valence-corrected chi connectivity index (χ3v) is 3.26. The molecule has 0 unspecified atom stereocenters. The minimum atomic E-state index is 0. The number of nitrogens with zero attached hydrogens (tertiary/aromatic N) is 2. The SMILES string of the molecule is CN=C(NCCCOCC(C)C)NCCc1ccncc1C.I. The van der Waals surface area contributed by atoms with Crippen molar-refractivity contribution >= 4 is 29.9 Å². The van der Waals surface area contributed by atoms with Gasteiger partial charge >= 0.3 is 0 Å². The van der Waals surface area contributed by atoms with E-state index in [4.69, 9.17) is 4.74 Å². The summed E-state index contributed by atoms with van der Waals surface area (Å²) in [5, 5.41) is 6.64. The summed E-state index contributed by atoms with van der Waals surface area (Å²) in [4.78, 5) is 8.34. The van der Waals surface area contributed by atoms with Gasteiger partial charge in [0.15, 0.2) is 5.96 Å². The highest BCUT2D eigenvalue weighted by molar-refractivity contribution is 14.0. The zero-order valence-corrected chi connectivity index (χ0v) is 17.1. The average Bonchev–Trinajstić information content (AvgIpc) is 2.50. The first-order chi connectivity index (χ1) is 10.6. The van der Waals surface area contributed by atoms with Crippen LogP contribution in [0.2, 0.25) is 0 Å². The van der Waals surface area contributed by atoms with E-state index in [2.05, 4.69) is 47.4 Å². The number of halogens is 1. The Hall–Kier alpha value is -0.890. The molecule has 5 nitrogen and oxygen atoms in total. The van der Waals surface area contributed by atoms with Crippen LogP contribution in [0.15, 0.2) is 23.5 Å². The minimum Gasteiger partial charge on any atom is -0.381 e. The van der Waals surface area contributed by atoms with E-state index in [1.165, 1.54) is 11.1 Å². The summed E-state index contributed by atoms with van der Waals surface area (Å²) in [6.45, 7) is 9.76. The van der Waals surface area contributed by atoms with Crippen molar-refractivity contribution in [3.8, 4) is 0 Å². The number of ether oxygens (including phenoxy) is 1. The van der Waals surface area contributed by atoms with E-state index in [9.17, 15) is 0 Å². The molecule has 0 fully saturated rings. The summed E-state index contributed by atoms with van der Waals surface area (Å²) < 4.78 is 5.56. The summed E-state index contributed by atoms with van der Waals surface area (Å²) >= 11 is 0. The molecule has 2 N–H and O–H groups in total. The van der Waals surface area contributed by atoms with Crippen molar-refractivity contribution in [1.82, 2.24) is 15.6 Å². The predicted octanol–water partition coefficient (Wildman–Crippen LogP) is 2.78. The maximum Gasteiger partial charge on any atom is 0.190 e. The normalized spacial score (nSPS) is 11.3. The van der Waals surface area contributed by atoms with Crippen LogP contribution in [-0.4, -0.2) is 44.3 Å². The maximum atomic E-state index is 5.56. The van der Waals surface area contributed by atoms with Crippen molar-refractivity contribution < 1.29 is 4.74 Å². The molecule has 132 valence electrons. The highest BCUT2D eigenvalue weighted by Crippen LogP contribution is 2.04. The van der Waals surface area contributed by atoms with E-state index in [1.807, 2.05) is 12.4 Å². The number of hydrogen-bond donors (Lipinski definition) is 2. The van der Waals surface area contributed by atoms with Gasteiger partial charge in [-0.05, 0) is 42.9 Å². The van der Waals surface area contributed by atoms with Gasteiger partial charge in [-0.25, -0.2) is 0 Å². The standard InChI is InChI=1S/C17H30N4O.HI/c1-14(2)13-22-11-5-8-20-17(18-4)21-10-7-16-6-9-19-12-15(16)3;/h6,9,12,14H,5,7-8,10-11,13H2,1-4H3,(H2,18,20,21);1H. The lowest BCUT2D eigenvalue weighted by Gasteiger charge is -2.13. The molecule has 23 heavy (non-hydrogen) atoms. The molecule has 0 saturated carbocycles. The van der Waals surface area contributed by atoms with Gasteiger partial charge in [-0.1, -0.05) is 13.8 Å². The molecule has 0 bridgehead atoms. The summed E-state index contributed by atoms with van der Waals surface area (Å²) in [7, 11) is 1.79. The van der Waals surface area contributed by atoms with Crippen LogP contribution < -0.4 is 10.6 Å². The van der Waals surface area contributed by atoms with E-state index in [0.29, 0.717) is 5.92 Å². The Bertz CT molecular complexity index is 452. The molecular weight excluding hydrogens is 403 g/mol. The maximum absolute atomic E-state index is 5.56. The molecular formula is C17H31IN4O. The van der Waals surface area contributed by atoms with E-state index < -0.39 is 0 Å². The lowest BCUT2D eigenvalue weighted by atomic mass is 10.1. The number of aliphatic imine (C=N–C) groups is 1. The molecule has 0 aliphatic carbocycles. The van der Waals surface area contributed by atoms with Crippen LogP contribution in [0.1, 0.15) is 31.4 Å². The number of guanidine groups is 1.